The van der Waals surface area contributed by atoms with Gasteiger partial charge >= 0.3 is 0 Å². The number of aryl methyl sites for hydroxylation is 2. The highest BCUT2D eigenvalue weighted by atomic mass is 19.1. The zero-order chi connectivity index (χ0) is 16.4. The molecular weight excluding hydrogens is 290 g/mol. The van der Waals surface area contributed by atoms with Gasteiger partial charge in [-0.05, 0) is 27.7 Å². The van der Waals surface area contributed by atoms with Gasteiger partial charge in [0.2, 0.25) is 0 Å². The van der Waals surface area contributed by atoms with Crippen molar-refractivity contribution in [1.82, 2.24) is 20.1 Å². The van der Waals surface area contributed by atoms with E-state index in [9.17, 15) is 13.6 Å². The summed E-state index contributed by atoms with van der Waals surface area (Å²) in [5.74, 6) is -2.49. The summed E-state index contributed by atoms with van der Waals surface area (Å²) in [6, 6.07) is 0.275. The molecule has 2 rings (SSSR count). The zero-order valence-corrected chi connectivity index (χ0v) is 12.9. The van der Waals surface area contributed by atoms with E-state index in [0.717, 1.165) is 29.7 Å². The molecule has 0 aliphatic carbocycles. The number of nitrogens with one attached hydrogen (secondary N) is 1. The second-order valence-electron chi connectivity index (χ2n) is 5.08. The Bertz CT molecular complexity index is 712. The van der Waals surface area contributed by atoms with Crippen molar-refractivity contribution < 1.29 is 13.6 Å². The first-order valence-corrected chi connectivity index (χ1v) is 7.01. The smallest absolute Gasteiger partial charge is 0.273 e. The van der Waals surface area contributed by atoms with Gasteiger partial charge in [0.15, 0.2) is 11.5 Å². The summed E-state index contributed by atoms with van der Waals surface area (Å²) < 4.78 is 28.3. The van der Waals surface area contributed by atoms with E-state index in [2.05, 4.69) is 15.4 Å². The maximum absolute atomic E-state index is 13.6. The first-order chi connectivity index (χ1) is 10.3. The maximum atomic E-state index is 13.6. The van der Waals surface area contributed by atoms with Crippen LogP contribution in [0.5, 0.6) is 0 Å². The van der Waals surface area contributed by atoms with Crippen LogP contribution in [0.3, 0.4) is 0 Å². The Morgan fingerprint density at radius 2 is 2.09 bits per heavy atom. The molecule has 0 fully saturated rings. The highest BCUT2D eigenvalue weighted by molar-refractivity contribution is 5.92. The molecule has 0 unspecified atom stereocenters. The molecule has 0 aliphatic heterocycles. The molecule has 2 aromatic heterocycles. The monoisotopic (exact) mass is 308 g/mol. The van der Waals surface area contributed by atoms with Gasteiger partial charge in [0, 0.05) is 23.9 Å². The van der Waals surface area contributed by atoms with Gasteiger partial charge in [-0.15, -0.1) is 0 Å². The van der Waals surface area contributed by atoms with E-state index in [-0.39, 0.29) is 6.04 Å². The quantitative estimate of drug-likeness (QED) is 0.944. The summed E-state index contributed by atoms with van der Waals surface area (Å²) in [6.07, 6.45) is 0.814. The van der Waals surface area contributed by atoms with Crippen LogP contribution in [0.25, 0.3) is 0 Å². The predicted octanol–water partition coefficient (Wildman–Crippen LogP) is 2.68. The number of carbonyl (C=O) groups excluding carboxylic acids is 1. The Kier molecular flexibility index (Phi) is 4.54. The van der Waals surface area contributed by atoms with E-state index in [1.807, 2.05) is 25.5 Å². The van der Waals surface area contributed by atoms with Gasteiger partial charge in [0.25, 0.3) is 5.91 Å². The topological polar surface area (TPSA) is 59.8 Å². The number of rotatable bonds is 4. The Morgan fingerprint density at radius 3 is 2.64 bits per heavy atom. The standard InChI is InChI=1S/C15H18F2N4O/c1-5-21-10(4)13(9(3)20-21)8(2)19-15(22)14-12(17)6-11(16)7-18-14/h6-8H,5H2,1-4H3,(H,19,22)/t8-/m1/s1. The largest absolute Gasteiger partial charge is 0.344 e. The lowest BCUT2D eigenvalue weighted by molar-refractivity contribution is 0.0930. The second-order valence-corrected chi connectivity index (χ2v) is 5.08. The molecule has 2 heterocycles. The van der Waals surface area contributed by atoms with Crippen molar-refractivity contribution in [2.75, 3.05) is 0 Å². The lowest BCUT2D eigenvalue weighted by atomic mass is 10.1. The fourth-order valence-electron chi connectivity index (χ4n) is 2.56. The fraction of sp³-hybridized carbons (Fsp3) is 0.400. The molecule has 0 aliphatic rings. The van der Waals surface area contributed by atoms with Crippen molar-refractivity contribution in [2.45, 2.75) is 40.3 Å². The van der Waals surface area contributed by atoms with Gasteiger partial charge in [-0.3, -0.25) is 9.48 Å². The molecule has 0 radical (unpaired) electrons. The number of hydrogen-bond donors (Lipinski definition) is 1. The van der Waals surface area contributed by atoms with Crippen LogP contribution in [0.4, 0.5) is 8.78 Å². The van der Waals surface area contributed by atoms with Gasteiger partial charge in [-0.25, -0.2) is 13.8 Å². The van der Waals surface area contributed by atoms with Crippen molar-refractivity contribution in [3.05, 3.63) is 46.5 Å². The van der Waals surface area contributed by atoms with Crippen LogP contribution in [-0.2, 0) is 6.54 Å². The fourth-order valence-corrected chi connectivity index (χ4v) is 2.56. The summed E-state index contributed by atoms with van der Waals surface area (Å²) in [5, 5.41) is 7.06. The Hall–Kier alpha value is -2.31. The third-order valence-electron chi connectivity index (χ3n) is 3.54. The van der Waals surface area contributed by atoms with Crippen molar-refractivity contribution in [1.29, 1.82) is 0 Å². The number of hydrogen-bond acceptors (Lipinski definition) is 3. The third kappa shape index (κ3) is 2.98. The summed E-state index contributed by atoms with van der Waals surface area (Å²) in [4.78, 5) is 15.6. The molecule has 2 aromatic rings. The number of pyridine rings is 1. The molecule has 1 amide bonds. The molecular formula is C15H18F2N4O. The van der Waals surface area contributed by atoms with Gasteiger partial charge in [-0.2, -0.15) is 5.10 Å². The molecule has 0 saturated carbocycles. The van der Waals surface area contributed by atoms with Crippen LogP contribution >= 0.6 is 0 Å². The average Bonchev–Trinajstić information content (AvgIpc) is 2.72. The third-order valence-corrected chi connectivity index (χ3v) is 3.54. The molecule has 7 heteroatoms. The highest BCUT2D eigenvalue weighted by Gasteiger charge is 2.21. The second kappa shape index (κ2) is 6.21. The van der Waals surface area contributed by atoms with E-state index < -0.39 is 23.2 Å². The number of amides is 1. The molecule has 0 saturated heterocycles. The van der Waals surface area contributed by atoms with Crippen molar-refractivity contribution in [3.8, 4) is 0 Å². The molecule has 1 atom stereocenters. The number of aromatic nitrogens is 3. The van der Waals surface area contributed by atoms with E-state index in [4.69, 9.17) is 0 Å². The first kappa shape index (κ1) is 16.1. The van der Waals surface area contributed by atoms with Crippen molar-refractivity contribution in [2.24, 2.45) is 0 Å². The molecule has 0 spiro atoms. The normalized spacial score (nSPS) is 12.3. The van der Waals surface area contributed by atoms with Crippen LogP contribution < -0.4 is 5.32 Å². The van der Waals surface area contributed by atoms with Crippen LogP contribution in [0.2, 0.25) is 0 Å². The first-order valence-electron chi connectivity index (χ1n) is 7.01. The van der Waals surface area contributed by atoms with E-state index in [0.29, 0.717) is 6.07 Å². The summed E-state index contributed by atoms with van der Waals surface area (Å²) in [6.45, 7) is 8.26. The average molecular weight is 308 g/mol. The Morgan fingerprint density at radius 1 is 1.41 bits per heavy atom. The van der Waals surface area contributed by atoms with Crippen molar-refractivity contribution >= 4 is 5.91 Å². The summed E-state index contributed by atoms with van der Waals surface area (Å²) in [5.41, 5.74) is 2.21. The predicted molar refractivity (Wildman–Crippen MR) is 77.4 cm³/mol. The molecule has 22 heavy (non-hydrogen) atoms. The molecule has 118 valence electrons. The highest BCUT2D eigenvalue weighted by Crippen LogP contribution is 2.21. The van der Waals surface area contributed by atoms with Gasteiger partial charge in [0.05, 0.1) is 17.9 Å². The van der Waals surface area contributed by atoms with Gasteiger partial charge in [0.1, 0.15) is 5.82 Å². The van der Waals surface area contributed by atoms with Crippen LogP contribution in [-0.4, -0.2) is 20.7 Å². The van der Waals surface area contributed by atoms with E-state index in [1.165, 1.54) is 0 Å². The minimum absolute atomic E-state index is 0.362. The van der Waals surface area contributed by atoms with Crippen LogP contribution in [0.1, 0.15) is 47.3 Å². The SMILES string of the molecule is CCn1nc(C)c([C@@H](C)NC(=O)c2ncc(F)cc2F)c1C. The lowest BCUT2D eigenvalue weighted by Gasteiger charge is -2.15. The lowest BCUT2D eigenvalue weighted by Crippen LogP contribution is -2.29. The number of nitrogens with zero attached hydrogens (tertiary/aromatic N) is 3. The summed E-state index contributed by atoms with van der Waals surface area (Å²) in [7, 11) is 0. The van der Waals surface area contributed by atoms with Crippen molar-refractivity contribution in [3.63, 3.8) is 0 Å². The van der Waals surface area contributed by atoms with Gasteiger partial charge < -0.3 is 5.32 Å². The van der Waals surface area contributed by atoms with Crippen LogP contribution in [0.15, 0.2) is 12.3 Å². The zero-order valence-electron chi connectivity index (χ0n) is 12.9. The number of carbonyl (C=O) groups is 1. The Balaban J connectivity index is 2.23. The minimum atomic E-state index is -0.984. The maximum Gasteiger partial charge on any atom is 0.273 e. The Labute approximate surface area is 127 Å². The van der Waals surface area contributed by atoms with E-state index >= 15 is 0 Å². The molecule has 0 aromatic carbocycles. The minimum Gasteiger partial charge on any atom is -0.344 e. The number of halogens is 2. The molecule has 1 N–H and O–H groups in total. The van der Waals surface area contributed by atoms with Gasteiger partial charge in [-0.1, -0.05) is 0 Å². The van der Waals surface area contributed by atoms with Crippen LogP contribution in [0, 0.1) is 25.5 Å². The van der Waals surface area contributed by atoms with E-state index in [1.54, 1.807) is 6.92 Å². The molecule has 0 bridgehead atoms. The summed E-state index contributed by atoms with van der Waals surface area (Å²) >= 11 is 0. The molecule has 5 nitrogen and oxygen atoms in total.